The number of carboxylic acid groups (broad SMARTS) is 1. The fourth-order valence-corrected chi connectivity index (χ4v) is 1.89. The maximum atomic E-state index is 13.5. The lowest BCUT2D eigenvalue weighted by atomic mass is 10.1. The number of hydrogen-bond acceptors (Lipinski definition) is 2. The zero-order valence-corrected chi connectivity index (χ0v) is 12.7. The summed E-state index contributed by atoms with van der Waals surface area (Å²) >= 11 is 3.22. The first-order chi connectivity index (χ1) is 9.31. The largest absolute Gasteiger partial charge is 0.481 e. The lowest BCUT2D eigenvalue weighted by molar-refractivity contribution is -0.142. The topological polar surface area (TPSA) is 57.6 Å². The number of aliphatic carboxylic acids is 1. The molecule has 0 bridgehead atoms. The van der Waals surface area contributed by atoms with Crippen LogP contribution in [0.2, 0.25) is 0 Å². The fourth-order valence-electron chi connectivity index (χ4n) is 1.51. The maximum absolute atomic E-state index is 13.5. The second-order valence-electron chi connectivity index (χ2n) is 4.46. The molecule has 6 heteroatoms. The zero-order valence-electron chi connectivity index (χ0n) is 11.1. The van der Waals surface area contributed by atoms with E-state index in [1.807, 2.05) is 0 Å². The highest BCUT2D eigenvalue weighted by molar-refractivity contribution is 9.10. The lowest BCUT2D eigenvalue weighted by Crippen LogP contribution is -2.32. The molecule has 1 unspecified atom stereocenters. The number of carbonyl (C=O) groups is 2. The van der Waals surface area contributed by atoms with Gasteiger partial charge in [0.2, 0.25) is 5.91 Å². The summed E-state index contributed by atoms with van der Waals surface area (Å²) in [6, 6.07) is 4.42. The van der Waals surface area contributed by atoms with Gasteiger partial charge in [-0.05, 0) is 24.3 Å². The van der Waals surface area contributed by atoms with Crippen molar-refractivity contribution in [3.8, 4) is 0 Å². The van der Waals surface area contributed by atoms with E-state index < -0.39 is 17.7 Å². The number of likely N-dealkylation sites (N-methyl/N-ethyl adjacent to an activating group) is 1. The molecule has 0 radical (unpaired) electrons. The molecular formula is C14H15BrFNO3. The fraction of sp³-hybridized carbons (Fsp3) is 0.286. The molecule has 108 valence electrons. The second-order valence-corrected chi connectivity index (χ2v) is 5.37. The van der Waals surface area contributed by atoms with Gasteiger partial charge in [-0.15, -0.1) is 0 Å². The summed E-state index contributed by atoms with van der Waals surface area (Å²) in [5.41, 5.74) is 0.285. The number of carbonyl (C=O) groups excluding carboxylic acids is 1. The lowest BCUT2D eigenvalue weighted by Gasteiger charge is -2.17. The standard InChI is InChI=1S/C14H15BrFNO3/c1-9(14(19)20)8-17(2)13(18)6-3-10-7-11(15)4-5-12(10)16/h3-7,9H,8H2,1-2H3,(H,19,20). The summed E-state index contributed by atoms with van der Waals surface area (Å²) in [7, 11) is 1.50. The summed E-state index contributed by atoms with van der Waals surface area (Å²) in [5, 5.41) is 8.78. The molecule has 0 aliphatic rings. The van der Waals surface area contributed by atoms with E-state index in [1.165, 1.54) is 37.1 Å². The summed E-state index contributed by atoms with van der Waals surface area (Å²) < 4.78 is 14.2. The molecule has 20 heavy (non-hydrogen) atoms. The third kappa shape index (κ3) is 4.77. The van der Waals surface area contributed by atoms with E-state index in [-0.39, 0.29) is 18.0 Å². The predicted octanol–water partition coefficient (Wildman–Crippen LogP) is 2.78. The number of carboxylic acids is 1. The number of hydrogen-bond donors (Lipinski definition) is 1. The number of benzene rings is 1. The maximum Gasteiger partial charge on any atom is 0.308 e. The van der Waals surface area contributed by atoms with Gasteiger partial charge >= 0.3 is 5.97 Å². The minimum Gasteiger partial charge on any atom is -0.481 e. The highest BCUT2D eigenvalue weighted by Gasteiger charge is 2.15. The normalized spacial score (nSPS) is 12.4. The Hall–Kier alpha value is -1.69. The van der Waals surface area contributed by atoms with Crippen LogP contribution in [0.1, 0.15) is 12.5 Å². The SMILES string of the molecule is CC(CN(C)C(=O)C=Cc1cc(Br)ccc1F)C(=O)O. The van der Waals surface area contributed by atoms with Crippen LogP contribution in [0.4, 0.5) is 4.39 Å². The van der Waals surface area contributed by atoms with Gasteiger partial charge < -0.3 is 10.0 Å². The highest BCUT2D eigenvalue weighted by atomic mass is 79.9. The molecule has 1 aromatic rings. The quantitative estimate of drug-likeness (QED) is 0.836. The highest BCUT2D eigenvalue weighted by Crippen LogP contribution is 2.16. The summed E-state index contributed by atoms with van der Waals surface area (Å²) in [5.74, 6) is -2.43. The molecule has 0 aromatic heterocycles. The van der Waals surface area contributed by atoms with Crippen LogP contribution in [0.5, 0.6) is 0 Å². The van der Waals surface area contributed by atoms with Crippen LogP contribution in [0.3, 0.4) is 0 Å². The van der Waals surface area contributed by atoms with E-state index in [0.717, 1.165) is 0 Å². The number of nitrogens with zero attached hydrogens (tertiary/aromatic N) is 1. The van der Waals surface area contributed by atoms with Crippen LogP contribution in [0.25, 0.3) is 6.08 Å². The summed E-state index contributed by atoms with van der Waals surface area (Å²) in [4.78, 5) is 23.8. The van der Waals surface area contributed by atoms with E-state index in [9.17, 15) is 14.0 Å². The van der Waals surface area contributed by atoms with Crippen molar-refractivity contribution in [2.24, 2.45) is 5.92 Å². The Kier molecular flexibility index (Phi) is 5.88. The Labute approximate surface area is 125 Å². The molecule has 0 aliphatic heterocycles. The molecule has 1 N–H and O–H groups in total. The Balaban J connectivity index is 2.72. The van der Waals surface area contributed by atoms with Gasteiger partial charge in [0.1, 0.15) is 5.82 Å². The Bertz CT molecular complexity index is 545. The van der Waals surface area contributed by atoms with Gasteiger partial charge in [0, 0.05) is 29.7 Å². The molecule has 1 aromatic carbocycles. The Morgan fingerprint density at radius 2 is 2.15 bits per heavy atom. The third-order valence-electron chi connectivity index (χ3n) is 2.71. The average Bonchev–Trinajstić information content (AvgIpc) is 2.39. The predicted molar refractivity (Wildman–Crippen MR) is 77.6 cm³/mol. The third-order valence-corrected chi connectivity index (χ3v) is 3.20. The Morgan fingerprint density at radius 1 is 1.50 bits per heavy atom. The van der Waals surface area contributed by atoms with E-state index in [4.69, 9.17) is 5.11 Å². The zero-order chi connectivity index (χ0) is 15.3. The van der Waals surface area contributed by atoms with Gasteiger partial charge in [0.25, 0.3) is 0 Å². The molecule has 0 saturated carbocycles. The summed E-state index contributed by atoms with van der Waals surface area (Å²) in [6.45, 7) is 1.61. The van der Waals surface area contributed by atoms with Crippen molar-refractivity contribution in [1.82, 2.24) is 4.90 Å². The first-order valence-electron chi connectivity index (χ1n) is 5.92. The molecule has 1 rings (SSSR count). The molecule has 1 atom stereocenters. The first kappa shape index (κ1) is 16.4. The van der Waals surface area contributed by atoms with E-state index in [1.54, 1.807) is 12.1 Å². The average molecular weight is 344 g/mol. The molecule has 0 fully saturated rings. The van der Waals surface area contributed by atoms with Crippen LogP contribution in [-0.2, 0) is 9.59 Å². The van der Waals surface area contributed by atoms with Crippen molar-refractivity contribution < 1.29 is 19.1 Å². The van der Waals surface area contributed by atoms with Crippen LogP contribution >= 0.6 is 15.9 Å². The van der Waals surface area contributed by atoms with E-state index >= 15 is 0 Å². The van der Waals surface area contributed by atoms with Gasteiger partial charge in [0.15, 0.2) is 0 Å². The summed E-state index contributed by atoms with van der Waals surface area (Å²) in [6.07, 6.45) is 2.59. The van der Waals surface area contributed by atoms with Crippen molar-refractivity contribution in [1.29, 1.82) is 0 Å². The van der Waals surface area contributed by atoms with Crippen LogP contribution in [0, 0.1) is 11.7 Å². The van der Waals surface area contributed by atoms with Crippen LogP contribution in [0.15, 0.2) is 28.7 Å². The van der Waals surface area contributed by atoms with Gasteiger partial charge in [-0.1, -0.05) is 22.9 Å². The van der Waals surface area contributed by atoms with E-state index in [0.29, 0.717) is 4.47 Å². The molecule has 1 amide bonds. The monoisotopic (exact) mass is 343 g/mol. The smallest absolute Gasteiger partial charge is 0.308 e. The van der Waals surface area contributed by atoms with Crippen molar-refractivity contribution in [2.45, 2.75) is 6.92 Å². The molecule has 0 saturated heterocycles. The van der Waals surface area contributed by atoms with Gasteiger partial charge in [-0.2, -0.15) is 0 Å². The van der Waals surface area contributed by atoms with Crippen molar-refractivity contribution in [3.63, 3.8) is 0 Å². The number of rotatable bonds is 5. The van der Waals surface area contributed by atoms with Crippen molar-refractivity contribution >= 4 is 33.9 Å². The van der Waals surface area contributed by atoms with Gasteiger partial charge in [-0.25, -0.2) is 4.39 Å². The minimum atomic E-state index is -0.966. The van der Waals surface area contributed by atoms with Crippen molar-refractivity contribution in [3.05, 3.63) is 40.1 Å². The second kappa shape index (κ2) is 7.19. The van der Waals surface area contributed by atoms with Crippen molar-refractivity contribution in [2.75, 3.05) is 13.6 Å². The van der Waals surface area contributed by atoms with Crippen LogP contribution < -0.4 is 0 Å². The minimum absolute atomic E-state index is 0.0967. The molecular weight excluding hydrogens is 329 g/mol. The molecule has 4 nitrogen and oxygen atoms in total. The number of halogens is 2. The molecule has 0 spiro atoms. The van der Waals surface area contributed by atoms with Gasteiger partial charge in [0.05, 0.1) is 5.92 Å². The molecule has 0 heterocycles. The Morgan fingerprint density at radius 3 is 2.75 bits per heavy atom. The molecule has 0 aliphatic carbocycles. The van der Waals surface area contributed by atoms with Gasteiger partial charge in [-0.3, -0.25) is 9.59 Å². The number of amides is 1. The van der Waals surface area contributed by atoms with E-state index in [2.05, 4.69) is 15.9 Å². The first-order valence-corrected chi connectivity index (χ1v) is 6.71. The van der Waals surface area contributed by atoms with Crippen LogP contribution in [-0.4, -0.2) is 35.5 Å².